The van der Waals surface area contributed by atoms with Crippen LogP contribution in [0.15, 0.2) is 11.4 Å². The zero-order valence-electron chi connectivity index (χ0n) is 9.82. The lowest BCUT2D eigenvalue weighted by Gasteiger charge is -2.29. The van der Waals surface area contributed by atoms with Gasteiger partial charge in [0.25, 0.3) is 0 Å². The predicted molar refractivity (Wildman–Crippen MR) is 67.9 cm³/mol. The van der Waals surface area contributed by atoms with E-state index in [1.165, 1.54) is 10.4 Å². The fourth-order valence-electron chi connectivity index (χ4n) is 2.22. The molecule has 1 aromatic heterocycles. The number of thiophene rings is 1. The van der Waals surface area contributed by atoms with E-state index in [1.807, 2.05) is 11.3 Å². The zero-order valence-corrected chi connectivity index (χ0v) is 10.6. The summed E-state index contributed by atoms with van der Waals surface area (Å²) in [5.74, 6) is 0. The molecule has 0 amide bonds. The SMILES string of the molecule is Cc1ccsc1C(CN)N1CCCOCC1. The molecule has 1 unspecified atom stereocenters. The quantitative estimate of drug-likeness (QED) is 0.875. The maximum absolute atomic E-state index is 5.94. The smallest absolute Gasteiger partial charge is 0.0593 e. The van der Waals surface area contributed by atoms with Crippen molar-refractivity contribution >= 4 is 11.3 Å². The Morgan fingerprint density at radius 1 is 1.50 bits per heavy atom. The average molecular weight is 240 g/mol. The molecule has 90 valence electrons. The van der Waals surface area contributed by atoms with E-state index in [1.54, 1.807) is 0 Å². The molecule has 1 atom stereocenters. The number of rotatable bonds is 3. The van der Waals surface area contributed by atoms with Gasteiger partial charge in [-0.05, 0) is 30.4 Å². The van der Waals surface area contributed by atoms with Crippen molar-refractivity contribution in [1.82, 2.24) is 4.90 Å². The highest BCUT2D eigenvalue weighted by Crippen LogP contribution is 2.28. The first kappa shape index (κ1) is 12.0. The number of hydrogen-bond acceptors (Lipinski definition) is 4. The number of nitrogens with zero attached hydrogens (tertiary/aromatic N) is 1. The summed E-state index contributed by atoms with van der Waals surface area (Å²) in [5, 5.41) is 2.15. The molecule has 2 rings (SSSR count). The number of ether oxygens (including phenoxy) is 1. The van der Waals surface area contributed by atoms with Gasteiger partial charge in [0.05, 0.1) is 12.6 Å². The van der Waals surface area contributed by atoms with Gasteiger partial charge >= 0.3 is 0 Å². The van der Waals surface area contributed by atoms with Gasteiger partial charge in [0.1, 0.15) is 0 Å². The molecule has 0 saturated carbocycles. The summed E-state index contributed by atoms with van der Waals surface area (Å²) in [4.78, 5) is 3.88. The van der Waals surface area contributed by atoms with Crippen LogP contribution in [-0.4, -0.2) is 37.7 Å². The summed E-state index contributed by atoms with van der Waals surface area (Å²) in [6, 6.07) is 2.55. The Kier molecular flexibility index (Phi) is 4.35. The molecular weight excluding hydrogens is 220 g/mol. The first-order chi connectivity index (χ1) is 7.83. The minimum Gasteiger partial charge on any atom is -0.380 e. The van der Waals surface area contributed by atoms with Gasteiger partial charge in [-0.25, -0.2) is 0 Å². The summed E-state index contributed by atoms with van der Waals surface area (Å²) < 4.78 is 5.49. The summed E-state index contributed by atoms with van der Waals surface area (Å²) in [7, 11) is 0. The van der Waals surface area contributed by atoms with Gasteiger partial charge in [0, 0.05) is 31.1 Å². The molecule has 0 spiro atoms. The maximum Gasteiger partial charge on any atom is 0.0593 e. The second-order valence-corrected chi connectivity index (χ2v) is 5.17. The van der Waals surface area contributed by atoms with Gasteiger partial charge in [0.15, 0.2) is 0 Å². The first-order valence-electron chi connectivity index (χ1n) is 5.89. The minimum atomic E-state index is 0.377. The molecule has 0 aromatic carbocycles. The second kappa shape index (κ2) is 5.77. The molecule has 1 saturated heterocycles. The molecule has 0 aliphatic carbocycles. The van der Waals surface area contributed by atoms with E-state index in [9.17, 15) is 0 Å². The van der Waals surface area contributed by atoms with E-state index in [-0.39, 0.29) is 0 Å². The molecule has 16 heavy (non-hydrogen) atoms. The predicted octanol–water partition coefficient (Wildman–Crippen LogP) is 1.78. The molecule has 3 nitrogen and oxygen atoms in total. The zero-order chi connectivity index (χ0) is 11.4. The van der Waals surface area contributed by atoms with E-state index in [4.69, 9.17) is 10.5 Å². The van der Waals surface area contributed by atoms with Crippen molar-refractivity contribution in [3.8, 4) is 0 Å². The second-order valence-electron chi connectivity index (χ2n) is 4.22. The van der Waals surface area contributed by atoms with Crippen molar-refractivity contribution in [3.63, 3.8) is 0 Å². The Bertz CT molecular complexity index is 319. The van der Waals surface area contributed by atoms with Crippen LogP contribution < -0.4 is 5.73 Å². The van der Waals surface area contributed by atoms with Crippen molar-refractivity contribution in [3.05, 3.63) is 21.9 Å². The van der Waals surface area contributed by atoms with E-state index in [0.717, 1.165) is 32.7 Å². The molecule has 1 aliphatic rings. The van der Waals surface area contributed by atoms with E-state index >= 15 is 0 Å². The van der Waals surface area contributed by atoms with Gasteiger partial charge < -0.3 is 10.5 Å². The largest absolute Gasteiger partial charge is 0.380 e. The van der Waals surface area contributed by atoms with Crippen molar-refractivity contribution in [1.29, 1.82) is 0 Å². The summed E-state index contributed by atoms with van der Waals surface area (Å²) in [5.41, 5.74) is 7.31. The monoisotopic (exact) mass is 240 g/mol. The molecule has 1 aliphatic heterocycles. The first-order valence-corrected chi connectivity index (χ1v) is 6.76. The lowest BCUT2D eigenvalue weighted by molar-refractivity contribution is 0.133. The highest BCUT2D eigenvalue weighted by Gasteiger charge is 2.22. The molecular formula is C12H20N2OS. The van der Waals surface area contributed by atoms with Crippen LogP contribution in [0.4, 0.5) is 0 Å². The highest BCUT2D eigenvalue weighted by atomic mass is 32.1. The Balaban J connectivity index is 2.12. The van der Waals surface area contributed by atoms with Gasteiger partial charge in [0.2, 0.25) is 0 Å². The number of aryl methyl sites for hydroxylation is 1. The summed E-state index contributed by atoms with van der Waals surface area (Å²) in [6.45, 7) is 6.68. The van der Waals surface area contributed by atoms with Crippen LogP contribution in [0, 0.1) is 6.92 Å². The number of nitrogens with two attached hydrogens (primary N) is 1. The Morgan fingerprint density at radius 3 is 3.06 bits per heavy atom. The van der Waals surface area contributed by atoms with Crippen LogP contribution in [-0.2, 0) is 4.74 Å². The number of hydrogen-bond donors (Lipinski definition) is 1. The molecule has 0 radical (unpaired) electrons. The lowest BCUT2D eigenvalue weighted by atomic mass is 10.1. The topological polar surface area (TPSA) is 38.5 Å². The van der Waals surface area contributed by atoms with Crippen molar-refractivity contribution in [2.24, 2.45) is 5.73 Å². The molecule has 1 fully saturated rings. The van der Waals surface area contributed by atoms with Crippen LogP contribution in [0.3, 0.4) is 0 Å². The van der Waals surface area contributed by atoms with E-state index in [0.29, 0.717) is 12.6 Å². The van der Waals surface area contributed by atoms with Crippen LogP contribution in [0.5, 0.6) is 0 Å². The normalized spacial score (nSPS) is 20.6. The van der Waals surface area contributed by atoms with Crippen LogP contribution in [0.1, 0.15) is 22.9 Å². The van der Waals surface area contributed by atoms with Crippen LogP contribution >= 0.6 is 11.3 Å². The van der Waals surface area contributed by atoms with Crippen molar-refractivity contribution < 1.29 is 4.74 Å². The third-order valence-electron chi connectivity index (χ3n) is 3.13. The Labute approximate surface area is 101 Å². The van der Waals surface area contributed by atoms with Gasteiger partial charge in [-0.3, -0.25) is 4.90 Å². The molecule has 2 heterocycles. The highest BCUT2D eigenvalue weighted by molar-refractivity contribution is 7.10. The molecule has 1 aromatic rings. The Hall–Kier alpha value is -0.420. The standard InChI is InChI=1S/C12H20N2OS/c1-10-3-8-16-12(10)11(9-13)14-4-2-6-15-7-5-14/h3,8,11H,2,4-7,9,13H2,1H3. The van der Waals surface area contributed by atoms with Crippen molar-refractivity contribution in [2.75, 3.05) is 32.8 Å². The van der Waals surface area contributed by atoms with Crippen LogP contribution in [0.25, 0.3) is 0 Å². The molecule has 0 bridgehead atoms. The lowest BCUT2D eigenvalue weighted by Crippen LogP contribution is -2.35. The molecule has 2 N–H and O–H groups in total. The third-order valence-corrected chi connectivity index (χ3v) is 4.25. The third kappa shape index (κ3) is 2.63. The Morgan fingerprint density at radius 2 is 2.38 bits per heavy atom. The summed E-state index contributed by atoms with van der Waals surface area (Å²) in [6.07, 6.45) is 1.11. The summed E-state index contributed by atoms with van der Waals surface area (Å²) >= 11 is 1.82. The maximum atomic E-state index is 5.94. The van der Waals surface area contributed by atoms with Gasteiger partial charge in [-0.15, -0.1) is 11.3 Å². The van der Waals surface area contributed by atoms with Crippen molar-refractivity contribution in [2.45, 2.75) is 19.4 Å². The van der Waals surface area contributed by atoms with Gasteiger partial charge in [-0.2, -0.15) is 0 Å². The van der Waals surface area contributed by atoms with Gasteiger partial charge in [-0.1, -0.05) is 0 Å². The minimum absolute atomic E-state index is 0.377. The average Bonchev–Trinajstić information content (AvgIpc) is 2.57. The fraction of sp³-hybridized carbons (Fsp3) is 0.667. The van der Waals surface area contributed by atoms with E-state index < -0.39 is 0 Å². The van der Waals surface area contributed by atoms with Crippen LogP contribution in [0.2, 0.25) is 0 Å². The fourth-order valence-corrected chi connectivity index (χ4v) is 3.30. The van der Waals surface area contributed by atoms with E-state index in [2.05, 4.69) is 23.3 Å². The molecule has 4 heteroatoms.